The van der Waals surface area contributed by atoms with E-state index in [1.165, 1.54) is 0 Å². The highest BCUT2D eigenvalue weighted by molar-refractivity contribution is 5.76. The van der Waals surface area contributed by atoms with Crippen LogP contribution in [0.25, 0.3) is 0 Å². The van der Waals surface area contributed by atoms with Gasteiger partial charge in [0.1, 0.15) is 6.61 Å². The van der Waals surface area contributed by atoms with Gasteiger partial charge in [-0.2, -0.15) is 0 Å². The SMILES string of the molecule is CC#CC#CC#CC(CC)COC(=O)NCCCCCCNC(=O)N[C@@H]1CCCC[C@H]1NC(=O)NCCCCCCNC(=O)OCC(CC)CCCC. The Bertz CT molecular complexity index is 1230. The molecule has 12 nitrogen and oxygen atoms in total. The number of amides is 6. The average Bonchev–Trinajstić information content (AvgIpc) is 3.15. The quantitative estimate of drug-likeness (QED) is 0.0449. The first-order valence-corrected chi connectivity index (χ1v) is 20.1. The largest absolute Gasteiger partial charge is 0.449 e. The summed E-state index contributed by atoms with van der Waals surface area (Å²) in [6.07, 6.45) is 15.2. The molecule has 0 aromatic carbocycles. The van der Waals surface area contributed by atoms with Gasteiger partial charge in [0.25, 0.3) is 0 Å². The molecule has 2 unspecified atom stereocenters. The van der Waals surface area contributed by atoms with E-state index in [-0.39, 0.29) is 42.8 Å². The first-order valence-electron chi connectivity index (χ1n) is 20.1. The number of rotatable bonds is 25. The topological polar surface area (TPSA) is 159 Å². The number of carbonyl (C=O) groups excluding carboxylic acids is 4. The smallest absolute Gasteiger partial charge is 0.407 e. The number of nitrogens with one attached hydrogen (secondary N) is 6. The molecule has 0 heterocycles. The van der Waals surface area contributed by atoms with Crippen molar-refractivity contribution in [1.82, 2.24) is 31.9 Å². The molecule has 1 aliphatic carbocycles. The summed E-state index contributed by atoms with van der Waals surface area (Å²) in [5.74, 6) is 16.7. The molecule has 298 valence electrons. The Labute approximate surface area is 320 Å². The van der Waals surface area contributed by atoms with Crippen molar-refractivity contribution < 1.29 is 28.7 Å². The fourth-order valence-electron chi connectivity index (χ4n) is 5.80. The number of ether oxygens (including phenoxy) is 2. The first kappa shape index (κ1) is 46.8. The molecule has 4 atom stereocenters. The van der Waals surface area contributed by atoms with Crippen molar-refractivity contribution in [2.45, 2.75) is 149 Å². The van der Waals surface area contributed by atoms with Crippen molar-refractivity contribution in [2.75, 3.05) is 39.4 Å². The molecule has 0 saturated heterocycles. The van der Waals surface area contributed by atoms with Crippen molar-refractivity contribution >= 4 is 24.2 Å². The monoisotopic (exact) mass is 741 g/mol. The maximum absolute atomic E-state index is 12.6. The molecule has 1 fully saturated rings. The number of carbonyl (C=O) groups is 4. The predicted molar refractivity (Wildman–Crippen MR) is 211 cm³/mol. The number of hydrogen-bond donors (Lipinski definition) is 6. The molecule has 0 aromatic heterocycles. The summed E-state index contributed by atoms with van der Waals surface area (Å²) in [5, 5.41) is 17.6. The lowest BCUT2D eigenvalue weighted by atomic mass is 9.90. The van der Waals surface area contributed by atoms with Gasteiger partial charge in [-0.3, -0.25) is 0 Å². The highest BCUT2D eigenvalue weighted by Gasteiger charge is 2.27. The number of hydrogen-bond acceptors (Lipinski definition) is 6. The zero-order chi connectivity index (χ0) is 38.8. The Morgan fingerprint density at radius 1 is 0.604 bits per heavy atom. The van der Waals surface area contributed by atoms with Crippen LogP contribution in [-0.4, -0.2) is 75.7 Å². The lowest BCUT2D eigenvalue weighted by Gasteiger charge is -2.32. The second-order valence-electron chi connectivity index (χ2n) is 13.6. The van der Waals surface area contributed by atoms with Gasteiger partial charge < -0.3 is 41.4 Å². The minimum atomic E-state index is -0.450. The Hall–Kier alpha value is -4.24. The normalized spacial score (nSPS) is 15.6. The van der Waals surface area contributed by atoms with E-state index < -0.39 is 6.09 Å². The van der Waals surface area contributed by atoms with Crippen LogP contribution in [0.1, 0.15) is 137 Å². The summed E-state index contributed by atoms with van der Waals surface area (Å²) in [4.78, 5) is 49.1. The lowest BCUT2D eigenvalue weighted by Crippen LogP contribution is -2.56. The van der Waals surface area contributed by atoms with Crippen LogP contribution in [0.15, 0.2) is 0 Å². The lowest BCUT2D eigenvalue weighted by molar-refractivity contribution is 0.122. The van der Waals surface area contributed by atoms with Gasteiger partial charge in [0, 0.05) is 26.2 Å². The minimum absolute atomic E-state index is 0.0698. The zero-order valence-electron chi connectivity index (χ0n) is 33.0. The Kier molecular flexibility index (Phi) is 28.6. The maximum atomic E-state index is 12.6. The van der Waals surface area contributed by atoms with E-state index in [0.29, 0.717) is 38.7 Å². The highest BCUT2D eigenvalue weighted by Crippen LogP contribution is 2.19. The highest BCUT2D eigenvalue weighted by atomic mass is 16.6. The van der Waals surface area contributed by atoms with Crippen LogP contribution < -0.4 is 31.9 Å². The Morgan fingerprint density at radius 3 is 1.57 bits per heavy atom. The number of unbranched alkanes of at least 4 members (excludes halogenated alkanes) is 7. The molecule has 1 saturated carbocycles. The van der Waals surface area contributed by atoms with Gasteiger partial charge in [0.15, 0.2) is 0 Å². The van der Waals surface area contributed by atoms with Gasteiger partial charge in [0.05, 0.1) is 24.6 Å². The Morgan fingerprint density at radius 2 is 1.09 bits per heavy atom. The predicted octanol–water partition coefficient (Wildman–Crippen LogP) is 6.74. The van der Waals surface area contributed by atoms with E-state index in [2.05, 4.69) is 81.3 Å². The first-order chi connectivity index (χ1) is 25.8. The van der Waals surface area contributed by atoms with E-state index in [4.69, 9.17) is 9.47 Å². The molecule has 0 radical (unpaired) electrons. The molecule has 0 spiro atoms. The molecule has 6 amide bonds. The molecule has 6 N–H and O–H groups in total. The molecule has 1 rings (SSSR count). The van der Waals surface area contributed by atoms with Crippen molar-refractivity contribution in [2.24, 2.45) is 11.8 Å². The minimum Gasteiger partial charge on any atom is -0.449 e. The molecular formula is C41H68N6O6. The fourth-order valence-corrected chi connectivity index (χ4v) is 5.80. The van der Waals surface area contributed by atoms with Gasteiger partial charge in [-0.25, -0.2) is 19.2 Å². The molecular weight excluding hydrogens is 672 g/mol. The van der Waals surface area contributed by atoms with Crippen molar-refractivity contribution in [3.05, 3.63) is 0 Å². The third-order valence-corrected chi connectivity index (χ3v) is 9.21. The molecule has 0 aromatic rings. The van der Waals surface area contributed by atoms with Crippen LogP contribution in [0.3, 0.4) is 0 Å². The van der Waals surface area contributed by atoms with Crippen molar-refractivity contribution in [3.63, 3.8) is 0 Å². The van der Waals surface area contributed by atoms with E-state index in [1.54, 1.807) is 6.92 Å². The van der Waals surface area contributed by atoms with Gasteiger partial charge >= 0.3 is 24.2 Å². The van der Waals surface area contributed by atoms with E-state index >= 15 is 0 Å². The summed E-state index contributed by atoms with van der Waals surface area (Å²) in [6, 6.07) is -0.651. The summed E-state index contributed by atoms with van der Waals surface area (Å²) < 4.78 is 10.6. The van der Waals surface area contributed by atoms with Crippen molar-refractivity contribution in [1.29, 1.82) is 0 Å². The average molecular weight is 741 g/mol. The van der Waals surface area contributed by atoms with Gasteiger partial charge in [0.2, 0.25) is 0 Å². The van der Waals surface area contributed by atoms with Crippen LogP contribution in [-0.2, 0) is 9.47 Å². The van der Waals surface area contributed by atoms with Crippen LogP contribution >= 0.6 is 0 Å². The second-order valence-corrected chi connectivity index (χ2v) is 13.6. The third kappa shape index (κ3) is 26.2. The molecule has 53 heavy (non-hydrogen) atoms. The van der Waals surface area contributed by atoms with Crippen LogP contribution in [0.5, 0.6) is 0 Å². The molecule has 1 aliphatic rings. The summed E-state index contributed by atoms with van der Waals surface area (Å²) in [6.45, 7) is 10.9. The molecule has 0 bridgehead atoms. The van der Waals surface area contributed by atoms with Gasteiger partial charge in [-0.1, -0.05) is 90.4 Å². The zero-order valence-corrected chi connectivity index (χ0v) is 33.0. The molecule has 12 heteroatoms. The van der Waals surface area contributed by atoms with E-state index in [0.717, 1.165) is 109 Å². The van der Waals surface area contributed by atoms with E-state index in [9.17, 15) is 19.2 Å². The van der Waals surface area contributed by atoms with Crippen LogP contribution in [0.2, 0.25) is 0 Å². The summed E-state index contributed by atoms with van der Waals surface area (Å²) in [5.41, 5.74) is 0. The number of alkyl carbamates (subject to hydrolysis) is 2. The summed E-state index contributed by atoms with van der Waals surface area (Å²) >= 11 is 0. The van der Waals surface area contributed by atoms with E-state index in [1.807, 2.05) is 6.92 Å². The van der Waals surface area contributed by atoms with Crippen molar-refractivity contribution in [3.8, 4) is 35.5 Å². The Balaban J connectivity index is 2.11. The maximum Gasteiger partial charge on any atom is 0.407 e. The molecule has 0 aliphatic heterocycles. The van der Waals surface area contributed by atoms with Gasteiger partial charge in [-0.15, -0.1) is 0 Å². The number of urea groups is 2. The summed E-state index contributed by atoms with van der Waals surface area (Å²) in [7, 11) is 0. The van der Waals surface area contributed by atoms with Crippen LogP contribution in [0.4, 0.5) is 19.2 Å². The van der Waals surface area contributed by atoms with Crippen LogP contribution in [0, 0.1) is 47.4 Å². The van der Waals surface area contributed by atoms with Gasteiger partial charge in [-0.05, 0) is 87.9 Å². The standard InChI is InChI=1S/C41H68N6O6/c1-5-9-11-12-17-25-35(8-4)33-53-41(51)45-31-23-16-14-21-29-43-39(49)47-37-27-19-18-26-36(37)46-38(48)42-28-20-13-15-22-30-44-40(50)52-32-34(7-3)24-10-6-2/h34-37H,6-8,10,13-16,18-24,26-33H2,1-4H3,(H,44,50)(H,45,51)(H2,42,46,48)(H2,43,47,49)/t34?,35?,36-,37-/m1/s1. The fraction of sp³-hybridized carbons (Fsp3) is 0.756. The third-order valence-electron chi connectivity index (χ3n) is 9.21. The second kappa shape index (κ2) is 32.4.